The number of fused-ring (bicyclic) bond motifs is 1. The Morgan fingerprint density at radius 1 is 1.37 bits per heavy atom. The highest BCUT2D eigenvalue weighted by Crippen LogP contribution is 2.37. The number of hydrogen-bond donors (Lipinski definition) is 2. The molecule has 0 fully saturated rings. The van der Waals surface area contributed by atoms with Crippen molar-refractivity contribution >= 4 is 39.9 Å². The van der Waals surface area contributed by atoms with Crippen LogP contribution in [-0.2, 0) is 13.0 Å². The predicted molar refractivity (Wildman–Crippen MR) is 113 cm³/mol. The van der Waals surface area contributed by atoms with E-state index in [0.717, 1.165) is 40.6 Å². The summed E-state index contributed by atoms with van der Waals surface area (Å²) in [7, 11) is 0. The van der Waals surface area contributed by atoms with Gasteiger partial charge in [0, 0.05) is 34.5 Å². The highest BCUT2D eigenvalue weighted by atomic mass is 32.2. The van der Waals surface area contributed by atoms with E-state index in [1.54, 1.807) is 17.8 Å². The maximum absolute atomic E-state index is 12.8. The van der Waals surface area contributed by atoms with Crippen molar-refractivity contribution in [2.45, 2.75) is 44.7 Å². The van der Waals surface area contributed by atoms with Crippen LogP contribution in [0.25, 0.3) is 0 Å². The van der Waals surface area contributed by atoms with Crippen LogP contribution >= 0.6 is 23.1 Å². The summed E-state index contributed by atoms with van der Waals surface area (Å²) >= 11 is 3.16. The molecule has 1 aromatic carbocycles. The van der Waals surface area contributed by atoms with Crippen LogP contribution < -0.4 is 11.1 Å². The van der Waals surface area contributed by atoms with E-state index >= 15 is 0 Å². The molecule has 1 aromatic heterocycles. The number of thiophene rings is 1. The molecule has 0 radical (unpaired) electrons. The average molecular weight is 404 g/mol. The van der Waals surface area contributed by atoms with Gasteiger partial charge < -0.3 is 11.1 Å². The minimum Gasteiger partial charge on any atom is -0.365 e. The van der Waals surface area contributed by atoms with Gasteiger partial charge in [-0.1, -0.05) is 13.0 Å². The van der Waals surface area contributed by atoms with Crippen LogP contribution in [0.2, 0.25) is 0 Å². The van der Waals surface area contributed by atoms with Crippen LogP contribution in [0.4, 0.5) is 5.00 Å². The molecule has 5 nitrogen and oxygen atoms in total. The Bertz CT molecular complexity index is 861. The van der Waals surface area contributed by atoms with Crippen LogP contribution in [0.15, 0.2) is 29.2 Å². The Balaban J connectivity index is 1.87. The first-order chi connectivity index (χ1) is 12.9. The number of primary amides is 1. The molecular weight excluding hydrogens is 378 g/mol. The molecule has 3 rings (SSSR count). The van der Waals surface area contributed by atoms with Gasteiger partial charge in [-0.05, 0) is 49.8 Å². The summed E-state index contributed by atoms with van der Waals surface area (Å²) in [6, 6.07) is 7.97. The molecule has 2 amide bonds. The van der Waals surface area contributed by atoms with Gasteiger partial charge >= 0.3 is 0 Å². The first-order valence-electron chi connectivity index (χ1n) is 9.13. The van der Waals surface area contributed by atoms with Crippen LogP contribution in [0.5, 0.6) is 0 Å². The fourth-order valence-electron chi connectivity index (χ4n) is 3.28. The van der Waals surface area contributed by atoms with E-state index in [0.29, 0.717) is 22.2 Å². The highest BCUT2D eigenvalue weighted by molar-refractivity contribution is 7.99. The minimum absolute atomic E-state index is 0.213. The molecule has 7 heteroatoms. The third-order valence-corrected chi connectivity index (χ3v) is 6.71. The number of nitrogens with one attached hydrogen (secondary N) is 1. The van der Waals surface area contributed by atoms with E-state index in [1.807, 2.05) is 18.2 Å². The first kappa shape index (κ1) is 19.9. The van der Waals surface area contributed by atoms with Gasteiger partial charge in [-0.2, -0.15) is 0 Å². The number of nitrogens with zero attached hydrogens (tertiary/aromatic N) is 1. The Morgan fingerprint density at radius 3 is 2.81 bits per heavy atom. The third kappa shape index (κ3) is 4.36. The second kappa shape index (κ2) is 8.46. The SMILES string of the molecule is CCSc1cccc(C(=O)Nc2sc3c(c2C(N)=O)CCN(C(C)C)C3)c1. The molecule has 0 saturated carbocycles. The van der Waals surface area contributed by atoms with Gasteiger partial charge in [0.2, 0.25) is 0 Å². The van der Waals surface area contributed by atoms with Gasteiger partial charge in [-0.15, -0.1) is 23.1 Å². The number of carbonyl (C=O) groups excluding carboxylic acids is 2. The molecule has 1 aliphatic heterocycles. The summed E-state index contributed by atoms with van der Waals surface area (Å²) in [5.41, 5.74) is 7.71. The zero-order chi connectivity index (χ0) is 19.6. The summed E-state index contributed by atoms with van der Waals surface area (Å²) in [4.78, 5) is 29.4. The second-order valence-corrected chi connectivity index (χ2v) is 9.24. The number of nitrogens with two attached hydrogens (primary N) is 1. The molecule has 0 atom stereocenters. The number of rotatable bonds is 6. The summed E-state index contributed by atoms with van der Waals surface area (Å²) in [5, 5.41) is 3.50. The van der Waals surface area contributed by atoms with E-state index in [-0.39, 0.29) is 5.91 Å². The molecule has 144 valence electrons. The van der Waals surface area contributed by atoms with E-state index in [1.165, 1.54) is 11.3 Å². The number of thioether (sulfide) groups is 1. The van der Waals surface area contributed by atoms with E-state index in [2.05, 4.69) is 31.0 Å². The summed E-state index contributed by atoms with van der Waals surface area (Å²) in [6.45, 7) is 8.09. The fourth-order valence-corrected chi connectivity index (χ4v) is 5.27. The van der Waals surface area contributed by atoms with Crippen LogP contribution in [0.1, 0.15) is 51.9 Å². The number of benzene rings is 1. The summed E-state index contributed by atoms with van der Waals surface area (Å²) < 4.78 is 0. The molecule has 1 aliphatic rings. The maximum Gasteiger partial charge on any atom is 0.256 e. The van der Waals surface area contributed by atoms with E-state index in [4.69, 9.17) is 5.73 Å². The van der Waals surface area contributed by atoms with E-state index in [9.17, 15) is 9.59 Å². The zero-order valence-corrected chi connectivity index (χ0v) is 17.5. The van der Waals surface area contributed by atoms with Crippen molar-refractivity contribution in [2.75, 3.05) is 17.6 Å². The molecule has 0 unspecified atom stereocenters. The lowest BCUT2D eigenvalue weighted by molar-refractivity contribution is 0.0999. The Hall–Kier alpha value is -1.83. The van der Waals surface area contributed by atoms with Crippen molar-refractivity contribution in [3.8, 4) is 0 Å². The first-order valence-corrected chi connectivity index (χ1v) is 10.9. The van der Waals surface area contributed by atoms with Crippen molar-refractivity contribution in [3.05, 3.63) is 45.8 Å². The molecule has 3 N–H and O–H groups in total. The van der Waals surface area contributed by atoms with Gasteiger partial charge in [0.1, 0.15) is 5.00 Å². The Labute approximate surface area is 168 Å². The molecule has 0 aliphatic carbocycles. The molecular formula is C20H25N3O2S2. The predicted octanol–water partition coefficient (Wildman–Crippen LogP) is 3.98. The second-order valence-electron chi connectivity index (χ2n) is 6.80. The lowest BCUT2D eigenvalue weighted by atomic mass is 10.0. The normalized spacial score (nSPS) is 14.2. The van der Waals surface area contributed by atoms with Gasteiger partial charge in [0.15, 0.2) is 0 Å². The van der Waals surface area contributed by atoms with Crippen molar-refractivity contribution in [3.63, 3.8) is 0 Å². The van der Waals surface area contributed by atoms with Crippen molar-refractivity contribution < 1.29 is 9.59 Å². The lowest BCUT2D eigenvalue weighted by Gasteiger charge is -2.30. The molecule has 0 saturated heterocycles. The Kier molecular flexibility index (Phi) is 6.24. The summed E-state index contributed by atoms with van der Waals surface area (Å²) in [6.07, 6.45) is 0.779. The van der Waals surface area contributed by atoms with Crippen LogP contribution in [-0.4, -0.2) is 35.1 Å². The number of hydrogen-bond acceptors (Lipinski definition) is 5. The van der Waals surface area contributed by atoms with Crippen molar-refractivity contribution in [1.82, 2.24) is 4.90 Å². The quantitative estimate of drug-likeness (QED) is 0.716. The van der Waals surface area contributed by atoms with Gasteiger partial charge in [0.05, 0.1) is 5.56 Å². The molecule has 2 aromatic rings. The van der Waals surface area contributed by atoms with E-state index < -0.39 is 5.91 Å². The molecule has 0 bridgehead atoms. The van der Waals surface area contributed by atoms with Crippen molar-refractivity contribution in [2.24, 2.45) is 5.73 Å². The molecule has 27 heavy (non-hydrogen) atoms. The zero-order valence-electron chi connectivity index (χ0n) is 15.9. The van der Waals surface area contributed by atoms with Crippen LogP contribution in [0, 0.1) is 0 Å². The number of carbonyl (C=O) groups is 2. The monoisotopic (exact) mass is 403 g/mol. The van der Waals surface area contributed by atoms with Gasteiger partial charge in [-0.25, -0.2) is 0 Å². The third-order valence-electron chi connectivity index (χ3n) is 4.70. The van der Waals surface area contributed by atoms with Gasteiger partial charge in [-0.3, -0.25) is 14.5 Å². The van der Waals surface area contributed by atoms with Gasteiger partial charge in [0.25, 0.3) is 11.8 Å². The fraction of sp³-hybridized carbons (Fsp3) is 0.400. The standard InChI is InChI=1S/C20H25N3O2S2/c1-4-26-14-7-5-6-13(10-14)19(25)22-20-17(18(21)24)15-8-9-23(12(2)3)11-16(15)27-20/h5-7,10,12H,4,8-9,11H2,1-3H3,(H2,21,24)(H,22,25). The van der Waals surface area contributed by atoms with Crippen LogP contribution in [0.3, 0.4) is 0 Å². The minimum atomic E-state index is -0.476. The summed E-state index contributed by atoms with van der Waals surface area (Å²) in [5.74, 6) is 0.257. The maximum atomic E-state index is 12.8. The molecule has 2 heterocycles. The average Bonchev–Trinajstić information content (AvgIpc) is 2.99. The highest BCUT2D eigenvalue weighted by Gasteiger charge is 2.28. The largest absolute Gasteiger partial charge is 0.365 e. The molecule has 0 spiro atoms. The number of anilines is 1. The topological polar surface area (TPSA) is 75.4 Å². The van der Waals surface area contributed by atoms with Crippen molar-refractivity contribution in [1.29, 1.82) is 0 Å². The number of amides is 2. The lowest BCUT2D eigenvalue weighted by Crippen LogP contribution is -2.35. The smallest absolute Gasteiger partial charge is 0.256 e. The Morgan fingerprint density at radius 2 is 2.15 bits per heavy atom.